The second-order valence-corrected chi connectivity index (χ2v) is 8.83. The number of carboxylic acid groups (broad SMARTS) is 1. The molecule has 1 spiro atoms. The Morgan fingerprint density at radius 1 is 1.34 bits per heavy atom. The van der Waals surface area contributed by atoms with Crippen molar-refractivity contribution in [2.45, 2.75) is 49.7 Å². The number of hydrogen-bond acceptors (Lipinski definition) is 5. The molecule has 3 N–H and O–H groups in total. The van der Waals surface area contributed by atoms with E-state index in [1.165, 1.54) is 0 Å². The summed E-state index contributed by atoms with van der Waals surface area (Å²) in [6.45, 7) is 2.16. The minimum atomic E-state index is -2.21. The highest BCUT2D eigenvalue weighted by atomic mass is 19.2. The van der Waals surface area contributed by atoms with Gasteiger partial charge in [0.05, 0.1) is 25.2 Å². The highest BCUT2D eigenvalue weighted by molar-refractivity contribution is 5.79. The summed E-state index contributed by atoms with van der Waals surface area (Å²) in [5, 5.41) is 15.6. The van der Waals surface area contributed by atoms with Crippen LogP contribution < -0.4 is 10.6 Å². The molecule has 7 nitrogen and oxygen atoms in total. The molecule has 5 atom stereocenters. The van der Waals surface area contributed by atoms with Gasteiger partial charge in [-0.25, -0.2) is 4.39 Å². The fraction of sp³-hybridized carbons (Fsp3) is 0.500. The number of nitrogens with one attached hydrogen (secondary N) is 2. The van der Waals surface area contributed by atoms with E-state index in [1.807, 2.05) is 43.3 Å². The van der Waals surface area contributed by atoms with Crippen LogP contribution in [0.3, 0.4) is 0 Å². The van der Waals surface area contributed by atoms with Crippen LogP contribution in [0, 0.1) is 5.92 Å². The maximum absolute atomic E-state index is 16.7. The van der Waals surface area contributed by atoms with E-state index < -0.39 is 23.3 Å². The van der Waals surface area contributed by atoms with Gasteiger partial charge in [-0.1, -0.05) is 48.6 Å². The molecule has 4 unspecified atom stereocenters. The Bertz CT molecular complexity index is 920. The van der Waals surface area contributed by atoms with Crippen molar-refractivity contribution in [3.05, 3.63) is 54.1 Å². The zero-order valence-electron chi connectivity index (χ0n) is 18.1. The fourth-order valence-corrected chi connectivity index (χ4v) is 5.11. The molecule has 0 aromatic heterocycles. The molecule has 1 aromatic rings. The van der Waals surface area contributed by atoms with Crippen molar-refractivity contribution in [1.29, 1.82) is 0 Å². The molecule has 3 aliphatic rings. The van der Waals surface area contributed by atoms with Gasteiger partial charge in [-0.15, -0.1) is 0 Å². The highest BCUT2D eigenvalue weighted by Crippen LogP contribution is 2.45. The molecule has 2 aliphatic heterocycles. The first-order valence-electron chi connectivity index (χ1n) is 11.0. The fourth-order valence-electron chi connectivity index (χ4n) is 5.11. The predicted octanol–water partition coefficient (Wildman–Crippen LogP) is 2.44. The summed E-state index contributed by atoms with van der Waals surface area (Å²) in [4.78, 5) is 23.1. The molecular weight excluding hydrogens is 415 g/mol. The number of amides is 1. The van der Waals surface area contributed by atoms with E-state index in [0.29, 0.717) is 30.6 Å². The van der Waals surface area contributed by atoms with E-state index >= 15 is 4.39 Å². The van der Waals surface area contributed by atoms with Crippen LogP contribution in [0.1, 0.15) is 31.7 Å². The molecule has 0 bridgehead atoms. The average molecular weight is 445 g/mol. The number of carbonyl (C=O) groups is 2. The Hall–Kier alpha value is -2.55. The number of rotatable bonds is 7. The van der Waals surface area contributed by atoms with Gasteiger partial charge in [-0.05, 0) is 25.3 Å². The summed E-state index contributed by atoms with van der Waals surface area (Å²) >= 11 is 0. The summed E-state index contributed by atoms with van der Waals surface area (Å²) < 4.78 is 28.0. The molecule has 1 aliphatic carbocycles. The molecule has 8 heteroatoms. The molecule has 1 amide bonds. The van der Waals surface area contributed by atoms with Gasteiger partial charge >= 0.3 is 5.97 Å². The smallest absolute Gasteiger partial charge is 0.305 e. The first-order valence-corrected chi connectivity index (χ1v) is 11.0. The van der Waals surface area contributed by atoms with Crippen LogP contribution in [0.15, 0.2) is 48.6 Å². The minimum absolute atomic E-state index is 0.0262. The topological polar surface area (TPSA) is 96.9 Å². The largest absolute Gasteiger partial charge is 0.481 e. The standard InChI is InChI=1S/C24H29FN2O5/c1-16-13-23(15-31-14-21(28)27-23)20(26-16)12-18-8-5-9-19(17-6-3-2-4-7-17)24(18,25)32-11-10-22(29)30/h2-9,16,18,20,26H,10-15H2,1H3,(H,27,28)(H,29,30)/t16-,18?,20?,23?,24?/m1/s1. The quantitative estimate of drug-likeness (QED) is 0.598. The summed E-state index contributed by atoms with van der Waals surface area (Å²) in [6, 6.07) is 9.01. The highest BCUT2D eigenvalue weighted by Gasteiger charge is 2.53. The lowest BCUT2D eigenvalue weighted by Crippen LogP contribution is -2.63. The number of benzene rings is 1. The number of halogens is 1. The number of aliphatic carboxylic acids is 1. The van der Waals surface area contributed by atoms with E-state index in [0.717, 1.165) is 0 Å². The van der Waals surface area contributed by atoms with Crippen molar-refractivity contribution < 1.29 is 28.6 Å². The van der Waals surface area contributed by atoms with Crippen LogP contribution in [0.5, 0.6) is 0 Å². The van der Waals surface area contributed by atoms with Gasteiger partial charge in [0.25, 0.3) is 0 Å². The Balaban J connectivity index is 1.62. The third-order valence-electron chi connectivity index (χ3n) is 6.46. The first-order chi connectivity index (χ1) is 15.3. The number of alkyl halides is 1. The second-order valence-electron chi connectivity index (χ2n) is 8.83. The zero-order valence-corrected chi connectivity index (χ0v) is 18.1. The van der Waals surface area contributed by atoms with Crippen molar-refractivity contribution in [2.24, 2.45) is 5.92 Å². The van der Waals surface area contributed by atoms with Gasteiger partial charge in [0.1, 0.15) is 6.61 Å². The lowest BCUT2D eigenvalue weighted by molar-refractivity contribution is -0.149. The molecular formula is C24H29FN2O5. The Morgan fingerprint density at radius 2 is 2.12 bits per heavy atom. The molecule has 32 heavy (non-hydrogen) atoms. The minimum Gasteiger partial charge on any atom is -0.481 e. The van der Waals surface area contributed by atoms with Crippen molar-refractivity contribution in [2.75, 3.05) is 19.8 Å². The summed E-state index contributed by atoms with van der Waals surface area (Å²) in [5.41, 5.74) is 0.426. The molecule has 2 saturated heterocycles. The number of morpholine rings is 1. The Morgan fingerprint density at radius 3 is 2.84 bits per heavy atom. The van der Waals surface area contributed by atoms with E-state index in [2.05, 4.69) is 10.6 Å². The maximum atomic E-state index is 16.7. The second kappa shape index (κ2) is 9.13. The first kappa shape index (κ1) is 22.6. The van der Waals surface area contributed by atoms with Crippen molar-refractivity contribution in [1.82, 2.24) is 10.6 Å². The zero-order chi connectivity index (χ0) is 22.8. The number of hydrogen-bond donors (Lipinski definition) is 3. The normalized spacial score (nSPS) is 34.4. The van der Waals surface area contributed by atoms with Gasteiger partial charge in [-0.2, -0.15) is 0 Å². The summed E-state index contributed by atoms with van der Waals surface area (Å²) in [5.74, 6) is -4.12. The van der Waals surface area contributed by atoms with Gasteiger partial charge in [-0.3, -0.25) is 9.59 Å². The van der Waals surface area contributed by atoms with E-state index in [1.54, 1.807) is 12.2 Å². The van der Waals surface area contributed by atoms with E-state index in [4.69, 9.17) is 14.6 Å². The molecule has 1 aromatic carbocycles. The Labute approximate surface area is 186 Å². The maximum Gasteiger partial charge on any atom is 0.305 e. The predicted molar refractivity (Wildman–Crippen MR) is 116 cm³/mol. The summed E-state index contributed by atoms with van der Waals surface area (Å²) in [6.07, 6.45) is 5.98. The molecule has 2 fully saturated rings. The van der Waals surface area contributed by atoms with Gasteiger partial charge in [0.2, 0.25) is 11.8 Å². The third kappa shape index (κ3) is 4.48. The molecule has 0 saturated carbocycles. The van der Waals surface area contributed by atoms with Crippen LogP contribution in [0.4, 0.5) is 4.39 Å². The number of allylic oxidation sites excluding steroid dienone is 2. The molecule has 172 valence electrons. The average Bonchev–Trinajstić information content (AvgIpc) is 3.03. The summed E-state index contributed by atoms with van der Waals surface area (Å²) in [7, 11) is 0. The van der Waals surface area contributed by atoms with Gasteiger partial charge < -0.3 is 25.2 Å². The lowest BCUT2D eigenvalue weighted by atomic mass is 9.77. The number of carbonyl (C=O) groups excluding carboxylic acids is 1. The third-order valence-corrected chi connectivity index (χ3v) is 6.46. The van der Waals surface area contributed by atoms with Crippen LogP contribution >= 0.6 is 0 Å². The molecule has 0 radical (unpaired) electrons. The number of carboxylic acids is 1. The van der Waals surface area contributed by atoms with Crippen molar-refractivity contribution >= 4 is 17.4 Å². The van der Waals surface area contributed by atoms with E-state index in [9.17, 15) is 9.59 Å². The Kier molecular flexibility index (Phi) is 6.46. The van der Waals surface area contributed by atoms with E-state index in [-0.39, 0.29) is 37.6 Å². The van der Waals surface area contributed by atoms with Crippen molar-refractivity contribution in [3.8, 4) is 0 Å². The van der Waals surface area contributed by atoms with Crippen LogP contribution in [0.25, 0.3) is 5.57 Å². The van der Waals surface area contributed by atoms with Crippen LogP contribution in [-0.4, -0.2) is 60.3 Å². The van der Waals surface area contributed by atoms with Gasteiger partial charge in [0, 0.05) is 23.6 Å². The monoisotopic (exact) mass is 444 g/mol. The molecule has 4 rings (SSSR count). The molecule has 2 heterocycles. The lowest BCUT2D eigenvalue weighted by Gasteiger charge is -2.42. The van der Waals surface area contributed by atoms with Crippen molar-refractivity contribution in [3.63, 3.8) is 0 Å². The SMILES string of the molecule is C[C@@H]1CC2(COCC(=O)N2)C(CC2C=CC=C(c3ccccc3)C2(F)OCCC(=O)O)N1. The van der Waals surface area contributed by atoms with Gasteiger partial charge in [0.15, 0.2) is 0 Å². The number of ether oxygens (including phenoxy) is 2. The van der Waals surface area contributed by atoms with Crippen LogP contribution in [-0.2, 0) is 19.1 Å². The van der Waals surface area contributed by atoms with Crippen LogP contribution in [0.2, 0.25) is 0 Å².